The Morgan fingerprint density at radius 3 is 2.76 bits per heavy atom. The van der Waals surface area contributed by atoms with Crippen molar-refractivity contribution in [3.63, 3.8) is 0 Å². The molecule has 1 heterocycles. The Morgan fingerprint density at radius 2 is 2.00 bits per heavy atom. The van der Waals surface area contributed by atoms with Gasteiger partial charge in [-0.3, -0.25) is 4.79 Å². The molecule has 0 saturated carbocycles. The van der Waals surface area contributed by atoms with Crippen molar-refractivity contribution in [2.45, 2.75) is 6.54 Å². The molecular weight excluding hydrogens is 266 g/mol. The van der Waals surface area contributed by atoms with Crippen molar-refractivity contribution in [2.24, 2.45) is 0 Å². The highest BCUT2D eigenvalue weighted by atomic mass is 16.5. The highest BCUT2D eigenvalue weighted by Crippen LogP contribution is 2.30. The van der Waals surface area contributed by atoms with Crippen LogP contribution in [0, 0.1) is 0 Å². The molecule has 0 fully saturated rings. The van der Waals surface area contributed by atoms with Crippen molar-refractivity contribution < 1.29 is 14.3 Å². The van der Waals surface area contributed by atoms with Gasteiger partial charge in [0.1, 0.15) is 5.75 Å². The normalized spacial score (nSPS) is 13.0. The fraction of sp³-hybridized carbons (Fsp3) is 0.0588. The Kier molecular flexibility index (Phi) is 3.28. The van der Waals surface area contributed by atoms with Gasteiger partial charge < -0.3 is 9.64 Å². The average Bonchev–Trinajstić information content (AvgIpc) is 2.85. The number of ether oxygens (including phenoxy) is 1. The van der Waals surface area contributed by atoms with Gasteiger partial charge in [0.25, 0.3) is 5.91 Å². The van der Waals surface area contributed by atoms with Crippen LogP contribution in [-0.2, 0) is 11.3 Å². The Hall–Kier alpha value is -2.88. The topological polar surface area (TPSA) is 46.6 Å². The third-order valence-electron chi connectivity index (χ3n) is 3.34. The van der Waals surface area contributed by atoms with E-state index in [1.807, 2.05) is 30.3 Å². The molecule has 2 aromatic carbocycles. The van der Waals surface area contributed by atoms with Crippen LogP contribution in [0.1, 0.15) is 15.9 Å². The summed E-state index contributed by atoms with van der Waals surface area (Å²) < 4.78 is 5.08. The summed E-state index contributed by atoms with van der Waals surface area (Å²) in [6.07, 6.45) is 1.10. The molecule has 104 valence electrons. The molecule has 4 nitrogen and oxygen atoms in total. The Morgan fingerprint density at radius 1 is 1.19 bits per heavy atom. The molecule has 0 atom stereocenters. The number of nitrogens with zero attached hydrogens (tertiary/aromatic N) is 1. The van der Waals surface area contributed by atoms with Gasteiger partial charge in [0.2, 0.25) is 0 Å². The van der Waals surface area contributed by atoms with E-state index in [2.05, 4.69) is 6.58 Å². The zero-order chi connectivity index (χ0) is 14.8. The highest BCUT2D eigenvalue weighted by molar-refractivity contribution is 6.10. The standard InChI is InChI=1S/C17H13NO3/c1-2-16(19)21-14-8-5-7-13(10-14)18-11-12-6-3-4-9-15(12)17(18)20/h2-10H,1,11H2. The first-order valence-electron chi connectivity index (χ1n) is 6.53. The molecule has 1 amide bonds. The molecule has 4 heteroatoms. The van der Waals surface area contributed by atoms with Gasteiger partial charge in [0, 0.05) is 23.4 Å². The molecule has 0 aliphatic carbocycles. The lowest BCUT2D eigenvalue weighted by Gasteiger charge is -2.16. The summed E-state index contributed by atoms with van der Waals surface area (Å²) in [5, 5.41) is 0. The van der Waals surface area contributed by atoms with Gasteiger partial charge in [-0.25, -0.2) is 4.79 Å². The van der Waals surface area contributed by atoms with E-state index in [0.717, 1.165) is 11.6 Å². The number of amides is 1. The first-order chi connectivity index (χ1) is 10.2. The maximum Gasteiger partial charge on any atom is 0.335 e. The van der Waals surface area contributed by atoms with Gasteiger partial charge in [-0.15, -0.1) is 0 Å². The quantitative estimate of drug-likeness (QED) is 0.493. The maximum atomic E-state index is 12.4. The van der Waals surface area contributed by atoms with Crippen LogP contribution in [0.15, 0.2) is 61.2 Å². The molecule has 1 aliphatic heterocycles. The molecule has 1 aliphatic rings. The van der Waals surface area contributed by atoms with Crippen molar-refractivity contribution in [3.8, 4) is 5.75 Å². The van der Waals surface area contributed by atoms with Crippen LogP contribution >= 0.6 is 0 Å². The number of esters is 1. The van der Waals surface area contributed by atoms with Crippen LogP contribution in [0.5, 0.6) is 5.75 Å². The number of carbonyl (C=O) groups is 2. The van der Waals surface area contributed by atoms with E-state index < -0.39 is 5.97 Å². The van der Waals surface area contributed by atoms with E-state index in [1.165, 1.54) is 0 Å². The largest absolute Gasteiger partial charge is 0.423 e. The minimum atomic E-state index is -0.525. The van der Waals surface area contributed by atoms with E-state index in [1.54, 1.807) is 23.1 Å². The molecule has 0 unspecified atom stereocenters. The lowest BCUT2D eigenvalue weighted by atomic mass is 10.1. The summed E-state index contributed by atoms with van der Waals surface area (Å²) in [7, 11) is 0. The fourth-order valence-electron chi connectivity index (χ4n) is 2.34. The number of hydrogen-bond acceptors (Lipinski definition) is 3. The fourth-order valence-corrected chi connectivity index (χ4v) is 2.34. The van der Waals surface area contributed by atoms with E-state index >= 15 is 0 Å². The Balaban J connectivity index is 1.89. The summed E-state index contributed by atoms with van der Waals surface area (Å²) in [6.45, 7) is 3.88. The first-order valence-corrected chi connectivity index (χ1v) is 6.53. The molecule has 0 saturated heterocycles. The molecule has 3 rings (SSSR count). The summed E-state index contributed by atoms with van der Waals surface area (Å²) in [4.78, 5) is 25.3. The van der Waals surface area contributed by atoms with Crippen LogP contribution in [0.4, 0.5) is 5.69 Å². The van der Waals surface area contributed by atoms with Crippen molar-refractivity contribution in [1.82, 2.24) is 0 Å². The van der Waals surface area contributed by atoms with Crippen molar-refractivity contribution >= 4 is 17.6 Å². The van der Waals surface area contributed by atoms with Crippen LogP contribution in [0.25, 0.3) is 0 Å². The predicted octanol–water partition coefficient (Wildman–Crippen LogP) is 2.94. The zero-order valence-electron chi connectivity index (χ0n) is 11.3. The molecular formula is C17H13NO3. The van der Waals surface area contributed by atoms with Gasteiger partial charge >= 0.3 is 5.97 Å². The van der Waals surface area contributed by atoms with Gasteiger partial charge in [0.15, 0.2) is 0 Å². The molecule has 2 aromatic rings. The lowest BCUT2D eigenvalue weighted by Crippen LogP contribution is -2.22. The summed E-state index contributed by atoms with van der Waals surface area (Å²) >= 11 is 0. The minimum absolute atomic E-state index is 0.0437. The zero-order valence-corrected chi connectivity index (χ0v) is 11.3. The van der Waals surface area contributed by atoms with Crippen molar-refractivity contribution in [2.75, 3.05) is 4.90 Å². The number of carbonyl (C=O) groups excluding carboxylic acids is 2. The second kappa shape index (κ2) is 5.25. The maximum absolute atomic E-state index is 12.4. The number of hydrogen-bond donors (Lipinski definition) is 0. The second-order valence-electron chi connectivity index (χ2n) is 4.67. The average molecular weight is 279 g/mol. The Labute approximate surface area is 122 Å². The van der Waals surface area contributed by atoms with Crippen LogP contribution in [-0.4, -0.2) is 11.9 Å². The monoisotopic (exact) mass is 279 g/mol. The Bertz CT molecular complexity index is 736. The van der Waals surface area contributed by atoms with E-state index in [4.69, 9.17) is 4.74 Å². The third-order valence-corrected chi connectivity index (χ3v) is 3.34. The molecule has 0 spiro atoms. The highest BCUT2D eigenvalue weighted by Gasteiger charge is 2.28. The second-order valence-corrected chi connectivity index (χ2v) is 4.67. The molecule has 0 radical (unpaired) electrons. The number of fused-ring (bicyclic) bond motifs is 1. The van der Waals surface area contributed by atoms with Gasteiger partial charge in [-0.2, -0.15) is 0 Å². The predicted molar refractivity (Wildman–Crippen MR) is 79.2 cm³/mol. The molecule has 0 N–H and O–H groups in total. The van der Waals surface area contributed by atoms with E-state index in [9.17, 15) is 9.59 Å². The summed E-state index contributed by atoms with van der Waals surface area (Å²) in [5.74, 6) is -0.179. The van der Waals surface area contributed by atoms with Gasteiger partial charge in [-0.1, -0.05) is 30.8 Å². The summed E-state index contributed by atoms with van der Waals surface area (Å²) in [5.41, 5.74) is 2.41. The third kappa shape index (κ3) is 2.43. The smallest absolute Gasteiger partial charge is 0.335 e. The van der Waals surface area contributed by atoms with E-state index in [-0.39, 0.29) is 5.91 Å². The van der Waals surface area contributed by atoms with Gasteiger partial charge in [-0.05, 0) is 23.8 Å². The molecule has 21 heavy (non-hydrogen) atoms. The molecule has 0 bridgehead atoms. The van der Waals surface area contributed by atoms with Crippen LogP contribution in [0.2, 0.25) is 0 Å². The minimum Gasteiger partial charge on any atom is -0.423 e. The van der Waals surface area contributed by atoms with E-state index in [0.29, 0.717) is 23.5 Å². The van der Waals surface area contributed by atoms with Crippen LogP contribution < -0.4 is 9.64 Å². The van der Waals surface area contributed by atoms with Crippen molar-refractivity contribution in [1.29, 1.82) is 0 Å². The van der Waals surface area contributed by atoms with Crippen LogP contribution in [0.3, 0.4) is 0 Å². The van der Waals surface area contributed by atoms with Crippen molar-refractivity contribution in [3.05, 3.63) is 72.3 Å². The number of rotatable bonds is 3. The number of benzene rings is 2. The first kappa shape index (κ1) is 13.1. The summed E-state index contributed by atoms with van der Waals surface area (Å²) in [6, 6.07) is 14.4. The SMILES string of the molecule is C=CC(=O)Oc1cccc(N2Cc3ccccc3C2=O)c1. The lowest BCUT2D eigenvalue weighted by molar-refractivity contribution is -0.128. The van der Waals surface area contributed by atoms with Gasteiger partial charge in [0.05, 0.1) is 6.54 Å². The molecule has 0 aromatic heterocycles. The number of anilines is 1.